The molecule has 0 bridgehead atoms. The number of pyridine rings is 1. The van der Waals surface area contributed by atoms with Crippen LogP contribution in [0.1, 0.15) is 5.69 Å². The highest BCUT2D eigenvalue weighted by molar-refractivity contribution is 5.61. The lowest BCUT2D eigenvalue weighted by Gasteiger charge is -1.98. The third-order valence-corrected chi connectivity index (χ3v) is 1.24. The maximum absolute atomic E-state index is 10.8. The number of aromatic nitrogens is 1. The van der Waals surface area contributed by atoms with Crippen molar-refractivity contribution < 1.29 is 0 Å². The van der Waals surface area contributed by atoms with E-state index in [1.54, 1.807) is 13.0 Å². The first-order valence-corrected chi connectivity index (χ1v) is 2.86. The number of rotatable bonds is 0. The van der Waals surface area contributed by atoms with E-state index in [1.165, 1.54) is 0 Å². The maximum atomic E-state index is 10.8. The number of aryl methyl sites for hydroxylation is 1. The first-order chi connectivity index (χ1) is 4.61. The minimum absolute atomic E-state index is 0.0885. The van der Waals surface area contributed by atoms with Crippen LogP contribution in [-0.2, 0) is 0 Å². The molecule has 1 heterocycles. The van der Waals surface area contributed by atoms with E-state index in [2.05, 4.69) is 4.98 Å². The maximum Gasteiger partial charge on any atom is 0.273 e. The Balaban J connectivity index is 3.46. The largest absolute Gasteiger partial charge is 0.397 e. The van der Waals surface area contributed by atoms with Crippen molar-refractivity contribution in [3.8, 4) is 0 Å². The van der Waals surface area contributed by atoms with E-state index >= 15 is 0 Å². The Labute approximate surface area is 57.9 Å². The van der Waals surface area contributed by atoms with Gasteiger partial charge in [0, 0.05) is 5.69 Å². The lowest BCUT2D eigenvalue weighted by molar-refractivity contribution is 1.15. The molecular formula is C6H9N3O. The molecule has 0 fully saturated rings. The van der Waals surface area contributed by atoms with E-state index in [-0.39, 0.29) is 11.2 Å². The minimum atomic E-state index is -0.322. The number of anilines is 2. The summed E-state index contributed by atoms with van der Waals surface area (Å²) in [7, 11) is 0. The summed E-state index contributed by atoms with van der Waals surface area (Å²) in [5, 5.41) is 0. The lowest BCUT2D eigenvalue weighted by atomic mass is 10.3. The molecule has 0 aliphatic carbocycles. The van der Waals surface area contributed by atoms with Crippen molar-refractivity contribution in [2.24, 2.45) is 0 Å². The Morgan fingerprint density at radius 2 is 2.10 bits per heavy atom. The van der Waals surface area contributed by atoms with E-state index in [9.17, 15) is 4.79 Å². The lowest BCUT2D eigenvalue weighted by Crippen LogP contribution is -2.14. The van der Waals surface area contributed by atoms with Gasteiger partial charge in [-0.25, -0.2) is 0 Å². The van der Waals surface area contributed by atoms with Gasteiger partial charge in [0.05, 0.1) is 5.69 Å². The van der Waals surface area contributed by atoms with Crippen LogP contribution in [0.3, 0.4) is 0 Å². The van der Waals surface area contributed by atoms with Crippen molar-refractivity contribution in [2.45, 2.75) is 6.92 Å². The Morgan fingerprint density at radius 1 is 1.50 bits per heavy atom. The summed E-state index contributed by atoms with van der Waals surface area (Å²) in [5.41, 5.74) is 11.5. The Hall–Kier alpha value is -1.45. The van der Waals surface area contributed by atoms with Crippen molar-refractivity contribution in [2.75, 3.05) is 11.5 Å². The highest BCUT2D eigenvalue weighted by Gasteiger charge is 1.98. The smallest absolute Gasteiger partial charge is 0.273 e. The SMILES string of the molecule is Cc1cc(N)c(N)c(=O)[nH]1. The van der Waals surface area contributed by atoms with E-state index in [1.807, 2.05) is 0 Å². The zero-order chi connectivity index (χ0) is 7.72. The topological polar surface area (TPSA) is 84.9 Å². The summed E-state index contributed by atoms with van der Waals surface area (Å²) in [5.74, 6) is 0. The molecule has 10 heavy (non-hydrogen) atoms. The molecule has 5 N–H and O–H groups in total. The minimum Gasteiger partial charge on any atom is -0.397 e. The van der Waals surface area contributed by atoms with Crippen LogP contribution in [0.2, 0.25) is 0 Å². The second-order valence-corrected chi connectivity index (χ2v) is 2.15. The van der Waals surface area contributed by atoms with E-state index in [4.69, 9.17) is 11.5 Å². The van der Waals surface area contributed by atoms with Crippen LogP contribution in [0, 0.1) is 6.92 Å². The summed E-state index contributed by atoms with van der Waals surface area (Å²) in [6, 6.07) is 1.62. The van der Waals surface area contributed by atoms with Crippen molar-refractivity contribution in [1.29, 1.82) is 0 Å². The van der Waals surface area contributed by atoms with Crippen molar-refractivity contribution in [1.82, 2.24) is 4.98 Å². The average molecular weight is 139 g/mol. The molecule has 0 spiro atoms. The van der Waals surface area contributed by atoms with Gasteiger partial charge in [0.15, 0.2) is 0 Å². The molecule has 54 valence electrons. The standard InChI is InChI=1S/C6H9N3O/c1-3-2-4(7)5(8)6(10)9-3/h2H,8H2,1H3,(H3,7,9,10). The number of nitrogens with two attached hydrogens (primary N) is 2. The quantitative estimate of drug-likeness (QED) is 0.467. The third-order valence-electron chi connectivity index (χ3n) is 1.24. The molecule has 0 aliphatic heterocycles. The number of nitrogens with one attached hydrogen (secondary N) is 1. The van der Waals surface area contributed by atoms with Gasteiger partial charge in [0.2, 0.25) is 0 Å². The molecule has 4 heteroatoms. The van der Waals surface area contributed by atoms with Crippen molar-refractivity contribution >= 4 is 11.4 Å². The Bertz CT molecular complexity index is 302. The van der Waals surface area contributed by atoms with Crippen molar-refractivity contribution in [3.63, 3.8) is 0 Å². The fourth-order valence-corrected chi connectivity index (χ4v) is 0.725. The van der Waals surface area contributed by atoms with Gasteiger partial charge >= 0.3 is 0 Å². The summed E-state index contributed by atoms with van der Waals surface area (Å²) in [6.45, 7) is 1.75. The van der Waals surface area contributed by atoms with E-state index in [0.717, 1.165) is 5.69 Å². The van der Waals surface area contributed by atoms with Crippen LogP contribution in [0.15, 0.2) is 10.9 Å². The summed E-state index contributed by atoms with van der Waals surface area (Å²) >= 11 is 0. The van der Waals surface area contributed by atoms with E-state index in [0.29, 0.717) is 5.69 Å². The molecule has 1 aromatic heterocycles. The van der Waals surface area contributed by atoms with Crippen LogP contribution in [0.25, 0.3) is 0 Å². The molecule has 1 rings (SSSR count). The molecule has 0 aliphatic rings. The first-order valence-electron chi connectivity index (χ1n) is 2.86. The molecule has 0 unspecified atom stereocenters. The van der Waals surface area contributed by atoms with Gasteiger partial charge in [-0.15, -0.1) is 0 Å². The number of hydrogen-bond donors (Lipinski definition) is 3. The predicted molar refractivity (Wildman–Crippen MR) is 40.6 cm³/mol. The molecule has 0 saturated carbocycles. The van der Waals surface area contributed by atoms with Gasteiger partial charge in [-0.2, -0.15) is 0 Å². The summed E-state index contributed by atoms with van der Waals surface area (Å²) in [4.78, 5) is 13.3. The normalized spacial score (nSPS) is 9.70. The molecule has 0 saturated heterocycles. The van der Waals surface area contributed by atoms with Crippen LogP contribution < -0.4 is 17.0 Å². The van der Waals surface area contributed by atoms with Gasteiger partial charge in [0.1, 0.15) is 5.69 Å². The highest BCUT2D eigenvalue weighted by atomic mass is 16.1. The van der Waals surface area contributed by atoms with Crippen LogP contribution >= 0.6 is 0 Å². The summed E-state index contributed by atoms with van der Waals surface area (Å²) < 4.78 is 0. The number of nitrogen functional groups attached to an aromatic ring is 2. The molecule has 0 atom stereocenters. The zero-order valence-corrected chi connectivity index (χ0v) is 5.64. The Kier molecular flexibility index (Phi) is 1.37. The zero-order valence-electron chi connectivity index (χ0n) is 5.64. The fraction of sp³-hybridized carbons (Fsp3) is 0.167. The summed E-state index contributed by atoms with van der Waals surface area (Å²) in [6.07, 6.45) is 0. The predicted octanol–water partition coefficient (Wildman–Crippen LogP) is -0.152. The number of aromatic amines is 1. The highest BCUT2D eigenvalue weighted by Crippen LogP contribution is 2.06. The molecule has 0 radical (unpaired) electrons. The molecule has 1 aromatic rings. The molecule has 0 aromatic carbocycles. The Morgan fingerprint density at radius 3 is 2.60 bits per heavy atom. The molecule has 4 nitrogen and oxygen atoms in total. The van der Waals surface area contributed by atoms with E-state index < -0.39 is 0 Å². The number of hydrogen-bond acceptors (Lipinski definition) is 3. The van der Waals surface area contributed by atoms with Gasteiger partial charge in [-0.1, -0.05) is 0 Å². The van der Waals surface area contributed by atoms with Crippen LogP contribution in [-0.4, -0.2) is 4.98 Å². The van der Waals surface area contributed by atoms with Crippen LogP contribution in [0.5, 0.6) is 0 Å². The molecule has 0 amide bonds. The molecular weight excluding hydrogens is 130 g/mol. The fourth-order valence-electron chi connectivity index (χ4n) is 0.725. The number of H-pyrrole nitrogens is 1. The van der Waals surface area contributed by atoms with Gasteiger partial charge in [-0.3, -0.25) is 4.79 Å². The second kappa shape index (κ2) is 2.06. The second-order valence-electron chi connectivity index (χ2n) is 2.15. The third kappa shape index (κ3) is 0.953. The monoisotopic (exact) mass is 139 g/mol. The average Bonchev–Trinajstić information content (AvgIpc) is 1.82. The van der Waals surface area contributed by atoms with Gasteiger partial charge in [-0.05, 0) is 13.0 Å². The van der Waals surface area contributed by atoms with Gasteiger partial charge in [0.25, 0.3) is 5.56 Å². The van der Waals surface area contributed by atoms with Crippen LogP contribution in [0.4, 0.5) is 11.4 Å². The van der Waals surface area contributed by atoms with Crippen molar-refractivity contribution in [3.05, 3.63) is 22.1 Å². The first kappa shape index (κ1) is 6.67. The van der Waals surface area contributed by atoms with Gasteiger partial charge < -0.3 is 16.5 Å².